The Morgan fingerprint density at radius 1 is 1.42 bits per heavy atom. The van der Waals surface area contributed by atoms with Gasteiger partial charge in [0.1, 0.15) is 0 Å². The minimum Gasteiger partial charge on any atom is -0.383 e. The summed E-state index contributed by atoms with van der Waals surface area (Å²) in [6.45, 7) is 8.89. The molecule has 0 aliphatic carbocycles. The summed E-state index contributed by atoms with van der Waals surface area (Å²) in [6, 6.07) is 0. The van der Waals surface area contributed by atoms with E-state index in [9.17, 15) is 4.79 Å². The Morgan fingerprint density at radius 2 is 1.92 bits per heavy atom. The summed E-state index contributed by atoms with van der Waals surface area (Å²) in [5, 5.41) is 0. The molecule has 0 fully saturated rings. The molecule has 72 valence electrons. The van der Waals surface area contributed by atoms with Gasteiger partial charge in [0.15, 0.2) is 0 Å². The quantitative estimate of drug-likeness (QED) is 0.643. The van der Waals surface area contributed by atoms with Gasteiger partial charge < -0.3 is 9.64 Å². The number of carbonyl (C=O) groups excluding carboxylic acids is 1. The normalized spacial score (nSPS) is 11.4. The zero-order valence-electron chi connectivity index (χ0n) is 8.68. The van der Waals surface area contributed by atoms with Crippen molar-refractivity contribution in [2.45, 2.75) is 33.2 Å². The molecule has 0 aromatic heterocycles. The minimum atomic E-state index is -0.107. The van der Waals surface area contributed by atoms with Crippen molar-refractivity contribution in [3.8, 4) is 0 Å². The third-order valence-corrected chi connectivity index (χ3v) is 1.71. The van der Waals surface area contributed by atoms with Gasteiger partial charge in [-0.1, -0.05) is 0 Å². The highest BCUT2D eigenvalue weighted by molar-refractivity contribution is 5.74. The van der Waals surface area contributed by atoms with Crippen molar-refractivity contribution in [3.63, 3.8) is 0 Å². The van der Waals surface area contributed by atoms with Crippen molar-refractivity contribution in [2.75, 3.05) is 20.3 Å². The van der Waals surface area contributed by atoms with Crippen LogP contribution in [-0.4, -0.2) is 36.6 Å². The molecule has 0 heterocycles. The van der Waals surface area contributed by atoms with Crippen LogP contribution in [0.4, 0.5) is 0 Å². The third-order valence-electron chi connectivity index (χ3n) is 1.71. The molecular weight excluding hydrogens is 154 g/mol. The summed E-state index contributed by atoms with van der Waals surface area (Å²) in [7, 11) is 1.64. The van der Waals surface area contributed by atoms with Gasteiger partial charge in [0.25, 0.3) is 0 Å². The van der Waals surface area contributed by atoms with Crippen molar-refractivity contribution in [1.82, 2.24) is 4.90 Å². The highest BCUT2D eigenvalue weighted by atomic mass is 16.5. The lowest BCUT2D eigenvalue weighted by atomic mass is 10.1. The largest absolute Gasteiger partial charge is 0.383 e. The predicted molar refractivity (Wildman–Crippen MR) is 49.0 cm³/mol. The number of ether oxygens (including phenoxy) is 1. The van der Waals surface area contributed by atoms with Crippen molar-refractivity contribution in [2.24, 2.45) is 0 Å². The van der Waals surface area contributed by atoms with E-state index in [1.807, 2.05) is 20.8 Å². The topological polar surface area (TPSA) is 29.5 Å². The van der Waals surface area contributed by atoms with Gasteiger partial charge in [0.05, 0.1) is 6.61 Å². The molecule has 0 radical (unpaired) electrons. The van der Waals surface area contributed by atoms with Gasteiger partial charge in [-0.25, -0.2) is 0 Å². The monoisotopic (exact) mass is 173 g/mol. The summed E-state index contributed by atoms with van der Waals surface area (Å²) in [5.41, 5.74) is -0.107. The van der Waals surface area contributed by atoms with Crippen molar-refractivity contribution >= 4 is 5.91 Å². The first kappa shape index (κ1) is 11.4. The second kappa shape index (κ2) is 4.45. The van der Waals surface area contributed by atoms with Crippen LogP contribution in [0.25, 0.3) is 0 Å². The lowest BCUT2D eigenvalue weighted by Gasteiger charge is -2.34. The van der Waals surface area contributed by atoms with E-state index in [2.05, 4.69) is 0 Å². The Bertz CT molecular complexity index is 149. The molecule has 0 unspecified atom stereocenters. The molecule has 0 aliphatic rings. The van der Waals surface area contributed by atoms with Crippen LogP contribution in [-0.2, 0) is 9.53 Å². The second-order valence-electron chi connectivity index (χ2n) is 3.83. The van der Waals surface area contributed by atoms with E-state index in [-0.39, 0.29) is 11.4 Å². The second-order valence-corrected chi connectivity index (χ2v) is 3.83. The fourth-order valence-corrected chi connectivity index (χ4v) is 1.15. The maximum atomic E-state index is 11.2. The zero-order valence-corrected chi connectivity index (χ0v) is 8.68. The molecule has 0 aliphatic heterocycles. The average Bonchev–Trinajstić information content (AvgIpc) is 1.84. The lowest BCUT2D eigenvalue weighted by molar-refractivity contribution is -0.134. The molecular formula is C9H19NO2. The van der Waals surface area contributed by atoms with E-state index in [1.54, 1.807) is 18.9 Å². The molecule has 0 N–H and O–H groups in total. The van der Waals surface area contributed by atoms with Crippen LogP contribution < -0.4 is 0 Å². The van der Waals surface area contributed by atoms with E-state index in [0.29, 0.717) is 13.2 Å². The van der Waals surface area contributed by atoms with Gasteiger partial charge in [-0.15, -0.1) is 0 Å². The maximum Gasteiger partial charge on any atom is 0.219 e. The van der Waals surface area contributed by atoms with Crippen molar-refractivity contribution < 1.29 is 9.53 Å². The summed E-state index contributed by atoms with van der Waals surface area (Å²) in [5.74, 6) is 0.0968. The molecule has 0 aromatic rings. The van der Waals surface area contributed by atoms with Crippen LogP contribution in [0.3, 0.4) is 0 Å². The molecule has 0 bridgehead atoms. The number of hydrogen-bond donors (Lipinski definition) is 0. The number of carbonyl (C=O) groups is 1. The Kier molecular flexibility index (Phi) is 4.24. The van der Waals surface area contributed by atoms with Gasteiger partial charge in [-0.2, -0.15) is 0 Å². The average molecular weight is 173 g/mol. The van der Waals surface area contributed by atoms with Crippen LogP contribution in [0.15, 0.2) is 0 Å². The van der Waals surface area contributed by atoms with Gasteiger partial charge in [-0.05, 0) is 20.8 Å². The van der Waals surface area contributed by atoms with Gasteiger partial charge in [0.2, 0.25) is 5.91 Å². The molecule has 3 heteroatoms. The first-order valence-electron chi connectivity index (χ1n) is 4.16. The highest BCUT2D eigenvalue weighted by Gasteiger charge is 2.22. The lowest BCUT2D eigenvalue weighted by Crippen LogP contribution is -2.46. The predicted octanol–water partition coefficient (Wildman–Crippen LogP) is 1.28. The summed E-state index contributed by atoms with van der Waals surface area (Å²) < 4.78 is 4.92. The first-order chi connectivity index (χ1) is 5.39. The van der Waals surface area contributed by atoms with Crippen molar-refractivity contribution in [3.05, 3.63) is 0 Å². The zero-order chi connectivity index (χ0) is 9.78. The summed E-state index contributed by atoms with van der Waals surface area (Å²) in [6.07, 6.45) is 0. The molecule has 0 saturated heterocycles. The highest BCUT2D eigenvalue weighted by Crippen LogP contribution is 2.12. The van der Waals surface area contributed by atoms with Gasteiger partial charge >= 0.3 is 0 Å². The Balaban J connectivity index is 4.15. The standard InChI is InChI=1S/C9H19NO2/c1-8(11)10(6-7-12-5)9(2,3)4/h6-7H2,1-5H3. The van der Waals surface area contributed by atoms with E-state index < -0.39 is 0 Å². The van der Waals surface area contributed by atoms with Crippen LogP contribution in [0.5, 0.6) is 0 Å². The molecule has 0 rings (SSSR count). The number of methoxy groups -OCH3 is 1. The molecule has 0 atom stereocenters. The number of nitrogens with zero attached hydrogens (tertiary/aromatic N) is 1. The molecule has 0 saturated carbocycles. The Hall–Kier alpha value is -0.570. The molecule has 3 nitrogen and oxygen atoms in total. The maximum absolute atomic E-state index is 11.2. The summed E-state index contributed by atoms with van der Waals surface area (Å²) >= 11 is 0. The van der Waals surface area contributed by atoms with E-state index >= 15 is 0 Å². The van der Waals surface area contributed by atoms with E-state index in [4.69, 9.17) is 4.74 Å². The number of amides is 1. The molecule has 0 spiro atoms. The minimum absolute atomic E-state index is 0.0968. The van der Waals surface area contributed by atoms with Crippen LogP contribution in [0.1, 0.15) is 27.7 Å². The molecule has 12 heavy (non-hydrogen) atoms. The summed E-state index contributed by atoms with van der Waals surface area (Å²) in [4.78, 5) is 13.0. The van der Waals surface area contributed by atoms with E-state index in [0.717, 1.165) is 0 Å². The Morgan fingerprint density at radius 3 is 2.17 bits per heavy atom. The van der Waals surface area contributed by atoms with Gasteiger partial charge in [-0.3, -0.25) is 4.79 Å². The molecule has 1 amide bonds. The van der Waals surface area contributed by atoms with Crippen LogP contribution >= 0.6 is 0 Å². The fourth-order valence-electron chi connectivity index (χ4n) is 1.15. The van der Waals surface area contributed by atoms with Crippen molar-refractivity contribution in [1.29, 1.82) is 0 Å². The number of rotatable bonds is 3. The van der Waals surface area contributed by atoms with Gasteiger partial charge in [0, 0.05) is 26.1 Å². The third kappa shape index (κ3) is 3.72. The van der Waals surface area contributed by atoms with Crippen LogP contribution in [0.2, 0.25) is 0 Å². The molecule has 0 aromatic carbocycles. The fraction of sp³-hybridized carbons (Fsp3) is 0.889. The SMILES string of the molecule is COCCN(C(C)=O)C(C)(C)C. The van der Waals surface area contributed by atoms with E-state index in [1.165, 1.54) is 0 Å². The smallest absolute Gasteiger partial charge is 0.219 e. The Labute approximate surface area is 74.7 Å². The number of hydrogen-bond acceptors (Lipinski definition) is 2. The van der Waals surface area contributed by atoms with Crippen LogP contribution in [0, 0.1) is 0 Å². The first-order valence-corrected chi connectivity index (χ1v) is 4.16.